The van der Waals surface area contributed by atoms with Gasteiger partial charge in [0.1, 0.15) is 12.4 Å². The van der Waals surface area contributed by atoms with Gasteiger partial charge in [0.05, 0.1) is 18.4 Å². The molecule has 6 heteroatoms. The van der Waals surface area contributed by atoms with Crippen molar-refractivity contribution in [3.05, 3.63) is 47.9 Å². The molecule has 3 rings (SSSR count). The van der Waals surface area contributed by atoms with Gasteiger partial charge in [-0.25, -0.2) is 4.79 Å². The molecule has 1 aliphatic heterocycles. The van der Waals surface area contributed by atoms with E-state index in [4.69, 9.17) is 9.15 Å². The summed E-state index contributed by atoms with van der Waals surface area (Å²) in [5.74, 6) is 0.314. The van der Waals surface area contributed by atoms with Crippen molar-refractivity contribution in [3.8, 4) is 0 Å². The molecule has 2 heterocycles. The molecular formula is C15H14N2O4. The van der Waals surface area contributed by atoms with Crippen LogP contribution in [-0.4, -0.2) is 25.2 Å². The first-order valence-corrected chi connectivity index (χ1v) is 6.55. The van der Waals surface area contributed by atoms with E-state index in [1.54, 1.807) is 37.3 Å². The summed E-state index contributed by atoms with van der Waals surface area (Å²) in [7, 11) is 0. The molecular weight excluding hydrogens is 272 g/mol. The van der Waals surface area contributed by atoms with Gasteiger partial charge >= 0.3 is 6.09 Å². The number of furan rings is 1. The zero-order chi connectivity index (χ0) is 14.8. The molecule has 2 amide bonds. The second-order valence-corrected chi connectivity index (χ2v) is 4.66. The van der Waals surface area contributed by atoms with E-state index in [0.29, 0.717) is 35.9 Å². The Morgan fingerprint density at radius 2 is 2.19 bits per heavy atom. The van der Waals surface area contributed by atoms with Crippen molar-refractivity contribution in [1.29, 1.82) is 0 Å². The molecule has 1 aromatic heterocycles. The van der Waals surface area contributed by atoms with Crippen LogP contribution in [0.3, 0.4) is 0 Å². The maximum Gasteiger partial charge on any atom is 0.414 e. The van der Waals surface area contributed by atoms with Crippen molar-refractivity contribution < 1.29 is 18.7 Å². The van der Waals surface area contributed by atoms with E-state index in [-0.39, 0.29) is 12.0 Å². The molecule has 0 atom stereocenters. The summed E-state index contributed by atoms with van der Waals surface area (Å²) in [6.45, 7) is 2.62. The van der Waals surface area contributed by atoms with E-state index < -0.39 is 0 Å². The number of hydrogen-bond donors (Lipinski definition) is 1. The lowest BCUT2D eigenvalue weighted by Crippen LogP contribution is -2.23. The number of ether oxygens (including phenoxy) is 1. The number of anilines is 2. The van der Waals surface area contributed by atoms with E-state index in [9.17, 15) is 9.59 Å². The molecule has 0 spiro atoms. The number of amides is 2. The number of nitrogens with one attached hydrogen (secondary N) is 1. The normalized spacial score (nSPS) is 14.1. The van der Waals surface area contributed by atoms with E-state index in [2.05, 4.69) is 5.32 Å². The molecule has 6 nitrogen and oxygen atoms in total. The largest absolute Gasteiger partial charge is 0.469 e. The zero-order valence-electron chi connectivity index (χ0n) is 11.5. The van der Waals surface area contributed by atoms with Crippen LogP contribution in [-0.2, 0) is 4.74 Å². The van der Waals surface area contributed by atoms with Crippen LogP contribution in [0.15, 0.2) is 41.0 Å². The molecule has 1 fully saturated rings. The maximum atomic E-state index is 12.1. The standard InChI is InChI=1S/C15H14N2O4/c1-10-13(5-7-20-10)14(18)16-11-3-2-4-12(9-11)17-6-8-21-15(17)19/h2-5,7,9H,6,8H2,1H3,(H,16,18). The summed E-state index contributed by atoms with van der Waals surface area (Å²) in [4.78, 5) is 25.2. The first kappa shape index (κ1) is 13.2. The Morgan fingerprint density at radius 3 is 2.86 bits per heavy atom. The highest BCUT2D eigenvalue weighted by atomic mass is 16.6. The van der Waals surface area contributed by atoms with E-state index in [1.807, 2.05) is 0 Å². The van der Waals surface area contributed by atoms with Crippen LogP contribution in [0.1, 0.15) is 16.1 Å². The van der Waals surface area contributed by atoms with E-state index in [0.717, 1.165) is 0 Å². The van der Waals surface area contributed by atoms with Crippen molar-refractivity contribution in [2.75, 3.05) is 23.4 Å². The van der Waals surface area contributed by atoms with Gasteiger partial charge in [-0.3, -0.25) is 9.69 Å². The predicted octanol–water partition coefficient (Wildman–Crippen LogP) is 2.80. The fraction of sp³-hybridized carbons (Fsp3) is 0.200. The number of aryl methyl sites for hydroxylation is 1. The minimum atomic E-state index is -0.371. The fourth-order valence-electron chi connectivity index (χ4n) is 2.20. The summed E-state index contributed by atoms with van der Waals surface area (Å²) in [6.07, 6.45) is 1.10. The molecule has 0 bridgehead atoms. The number of cyclic esters (lactones) is 1. The zero-order valence-corrected chi connectivity index (χ0v) is 11.5. The molecule has 0 unspecified atom stereocenters. The number of carbonyl (C=O) groups is 2. The highest BCUT2D eigenvalue weighted by Crippen LogP contribution is 2.23. The SMILES string of the molecule is Cc1occc1C(=O)Nc1cccc(N2CCOC2=O)c1. The number of carbonyl (C=O) groups excluding carboxylic acids is 2. The minimum absolute atomic E-state index is 0.248. The average molecular weight is 286 g/mol. The van der Waals surface area contributed by atoms with E-state index >= 15 is 0 Å². The molecule has 2 aromatic rings. The van der Waals surface area contributed by atoms with Gasteiger partial charge in [-0.2, -0.15) is 0 Å². The van der Waals surface area contributed by atoms with Crippen molar-refractivity contribution in [2.24, 2.45) is 0 Å². The number of benzene rings is 1. The van der Waals surface area contributed by atoms with Crippen molar-refractivity contribution >= 4 is 23.4 Å². The molecule has 0 radical (unpaired) electrons. The Hall–Kier alpha value is -2.76. The van der Waals surface area contributed by atoms with Gasteiger partial charge in [0.2, 0.25) is 0 Å². The van der Waals surface area contributed by atoms with Crippen LogP contribution in [0.4, 0.5) is 16.2 Å². The van der Waals surface area contributed by atoms with Crippen LogP contribution in [0.2, 0.25) is 0 Å². The van der Waals surface area contributed by atoms with Gasteiger partial charge in [0, 0.05) is 11.4 Å². The van der Waals surface area contributed by atoms with Crippen molar-refractivity contribution in [1.82, 2.24) is 0 Å². The highest BCUT2D eigenvalue weighted by molar-refractivity contribution is 6.05. The second-order valence-electron chi connectivity index (χ2n) is 4.66. The number of hydrogen-bond acceptors (Lipinski definition) is 4. The lowest BCUT2D eigenvalue weighted by molar-refractivity contribution is 0.102. The summed E-state index contributed by atoms with van der Waals surface area (Å²) in [5, 5.41) is 2.79. The quantitative estimate of drug-likeness (QED) is 0.941. The number of rotatable bonds is 3. The predicted molar refractivity (Wildman–Crippen MR) is 76.5 cm³/mol. The number of nitrogens with zero attached hydrogens (tertiary/aromatic N) is 1. The maximum absolute atomic E-state index is 12.1. The van der Waals surface area contributed by atoms with Gasteiger partial charge in [-0.15, -0.1) is 0 Å². The van der Waals surface area contributed by atoms with Crippen LogP contribution in [0.25, 0.3) is 0 Å². The topological polar surface area (TPSA) is 71.8 Å². The van der Waals surface area contributed by atoms with Gasteiger partial charge in [0.15, 0.2) is 0 Å². The van der Waals surface area contributed by atoms with Gasteiger partial charge in [0.25, 0.3) is 5.91 Å². The lowest BCUT2D eigenvalue weighted by Gasteiger charge is -2.14. The molecule has 0 saturated carbocycles. The summed E-state index contributed by atoms with van der Waals surface area (Å²) >= 11 is 0. The molecule has 1 N–H and O–H groups in total. The van der Waals surface area contributed by atoms with Crippen LogP contribution in [0, 0.1) is 6.92 Å². The molecule has 1 saturated heterocycles. The van der Waals surface area contributed by atoms with Gasteiger partial charge in [-0.05, 0) is 31.2 Å². The highest BCUT2D eigenvalue weighted by Gasteiger charge is 2.23. The molecule has 108 valence electrons. The lowest BCUT2D eigenvalue weighted by atomic mass is 10.2. The Kier molecular flexibility index (Phi) is 3.35. The smallest absolute Gasteiger partial charge is 0.414 e. The van der Waals surface area contributed by atoms with Gasteiger partial charge in [-0.1, -0.05) is 6.07 Å². The first-order valence-electron chi connectivity index (χ1n) is 6.55. The van der Waals surface area contributed by atoms with Crippen LogP contribution >= 0.6 is 0 Å². The Morgan fingerprint density at radius 1 is 1.33 bits per heavy atom. The Balaban J connectivity index is 1.79. The van der Waals surface area contributed by atoms with Crippen molar-refractivity contribution in [3.63, 3.8) is 0 Å². The van der Waals surface area contributed by atoms with E-state index in [1.165, 1.54) is 11.2 Å². The average Bonchev–Trinajstić information content (AvgIpc) is 3.07. The Bertz CT molecular complexity index is 692. The van der Waals surface area contributed by atoms with Crippen molar-refractivity contribution in [2.45, 2.75) is 6.92 Å². The van der Waals surface area contributed by atoms with Crippen LogP contribution in [0.5, 0.6) is 0 Å². The Labute approximate surface area is 121 Å². The first-order chi connectivity index (χ1) is 10.1. The third-order valence-corrected chi connectivity index (χ3v) is 3.28. The fourth-order valence-corrected chi connectivity index (χ4v) is 2.20. The molecule has 1 aliphatic rings. The summed E-state index contributed by atoms with van der Waals surface area (Å²) in [6, 6.07) is 8.69. The molecule has 0 aliphatic carbocycles. The summed E-state index contributed by atoms with van der Waals surface area (Å²) in [5.41, 5.74) is 1.79. The third kappa shape index (κ3) is 2.60. The molecule has 21 heavy (non-hydrogen) atoms. The molecule has 1 aromatic carbocycles. The monoisotopic (exact) mass is 286 g/mol. The minimum Gasteiger partial charge on any atom is -0.469 e. The van der Waals surface area contributed by atoms with Crippen LogP contribution < -0.4 is 10.2 Å². The van der Waals surface area contributed by atoms with Gasteiger partial charge < -0.3 is 14.5 Å². The summed E-state index contributed by atoms with van der Waals surface area (Å²) < 4.78 is 10.0. The third-order valence-electron chi connectivity index (χ3n) is 3.28. The second kappa shape index (κ2) is 5.32.